The molecule has 0 aliphatic rings. The van der Waals surface area contributed by atoms with Crippen LogP contribution in [0.25, 0.3) is 0 Å². The summed E-state index contributed by atoms with van der Waals surface area (Å²) in [6.45, 7) is 4.73. The normalized spacial score (nSPS) is 11.7. The molecule has 0 amide bonds. The number of hydrogen-bond donors (Lipinski definition) is 1. The molecule has 0 aliphatic carbocycles. The van der Waals surface area contributed by atoms with Gasteiger partial charge in [0.2, 0.25) is 0 Å². The van der Waals surface area contributed by atoms with Crippen LogP contribution in [0.1, 0.15) is 17.0 Å². The highest BCUT2D eigenvalue weighted by Crippen LogP contribution is 2.30. The van der Waals surface area contributed by atoms with Gasteiger partial charge in [-0.3, -0.25) is 4.72 Å². The third-order valence-corrected chi connectivity index (χ3v) is 4.67. The van der Waals surface area contributed by atoms with Crippen LogP contribution in [0.3, 0.4) is 0 Å². The van der Waals surface area contributed by atoms with Crippen molar-refractivity contribution in [3.63, 3.8) is 0 Å². The second-order valence-corrected chi connectivity index (χ2v) is 6.55. The van der Waals surface area contributed by atoms with Gasteiger partial charge in [0.25, 0.3) is 10.0 Å². The van der Waals surface area contributed by atoms with Crippen LogP contribution in [0.2, 0.25) is 10.3 Å². The fraction of sp³-hybridized carbons (Fsp3) is 0.273. The van der Waals surface area contributed by atoms with Crippen molar-refractivity contribution in [3.8, 4) is 0 Å². The van der Waals surface area contributed by atoms with Crippen LogP contribution in [-0.2, 0) is 10.0 Å². The van der Waals surface area contributed by atoms with Crippen molar-refractivity contribution < 1.29 is 12.9 Å². The Morgan fingerprint density at radius 3 is 2.40 bits per heavy atom. The lowest BCUT2D eigenvalue weighted by molar-refractivity contribution is 0.390. The minimum atomic E-state index is -3.86. The van der Waals surface area contributed by atoms with Crippen molar-refractivity contribution in [1.82, 2.24) is 10.1 Å². The van der Waals surface area contributed by atoms with Crippen LogP contribution in [0.4, 0.5) is 5.69 Å². The molecule has 108 valence electrons. The number of anilines is 1. The molecule has 0 spiro atoms. The Hall–Kier alpha value is -1.31. The summed E-state index contributed by atoms with van der Waals surface area (Å²) in [4.78, 5) is 3.80. The SMILES string of the molecule is Cc1cc(Cl)nc(Cl)c1NS(=O)(=O)c1c(C)noc1C. The van der Waals surface area contributed by atoms with Gasteiger partial charge in [-0.2, -0.15) is 0 Å². The molecule has 1 N–H and O–H groups in total. The number of pyridine rings is 1. The molecule has 0 unspecified atom stereocenters. The van der Waals surface area contributed by atoms with Gasteiger partial charge >= 0.3 is 0 Å². The molecule has 0 saturated carbocycles. The molecule has 0 radical (unpaired) electrons. The van der Waals surface area contributed by atoms with Gasteiger partial charge in [-0.05, 0) is 32.4 Å². The number of halogens is 2. The summed E-state index contributed by atoms with van der Waals surface area (Å²) in [5, 5.41) is 3.78. The van der Waals surface area contributed by atoms with Gasteiger partial charge in [0.1, 0.15) is 10.8 Å². The monoisotopic (exact) mass is 335 g/mol. The molecule has 0 saturated heterocycles. The first kappa shape index (κ1) is 15.1. The Kier molecular flexibility index (Phi) is 3.95. The summed E-state index contributed by atoms with van der Waals surface area (Å²) in [6.07, 6.45) is 0. The Labute approximate surface area is 126 Å². The lowest BCUT2D eigenvalue weighted by Crippen LogP contribution is -2.16. The summed E-state index contributed by atoms with van der Waals surface area (Å²) in [6, 6.07) is 1.51. The highest BCUT2D eigenvalue weighted by molar-refractivity contribution is 7.92. The first-order chi connectivity index (χ1) is 9.22. The Morgan fingerprint density at radius 1 is 1.25 bits per heavy atom. The summed E-state index contributed by atoms with van der Waals surface area (Å²) >= 11 is 11.7. The summed E-state index contributed by atoms with van der Waals surface area (Å²) < 4.78 is 32.0. The maximum Gasteiger partial charge on any atom is 0.267 e. The largest absolute Gasteiger partial charge is 0.360 e. The van der Waals surface area contributed by atoms with Gasteiger partial charge in [-0.15, -0.1) is 0 Å². The Balaban J connectivity index is 2.50. The minimum absolute atomic E-state index is 0.0112. The van der Waals surface area contributed by atoms with Crippen molar-refractivity contribution in [3.05, 3.63) is 33.4 Å². The highest BCUT2D eigenvalue weighted by atomic mass is 35.5. The molecule has 2 aromatic heterocycles. The van der Waals surface area contributed by atoms with E-state index >= 15 is 0 Å². The van der Waals surface area contributed by atoms with Crippen LogP contribution < -0.4 is 4.72 Å². The number of sulfonamides is 1. The molecule has 0 aliphatic heterocycles. The van der Waals surface area contributed by atoms with Crippen LogP contribution in [-0.4, -0.2) is 18.6 Å². The fourth-order valence-electron chi connectivity index (χ4n) is 1.76. The minimum Gasteiger partial charge on any atom is -0.360 e. The van der Waals surface area contributed by atoms with Gasteiger partial charge in [-0.1, -0.05) is 28.4 Å². The molecule has 0 bridgehead atoms. The van der Waals surface area contributed by atoms with E-state index in [0.29, 0.717) is 5.56 Å². The molecule has 20 heavy (non-hydrogen) atoms. The standard InChI is InChI=1S/C11H11Cl2N3O3S/c1-5-4-8(12)14-11(13)9(5)16-20(17,18)10-6(2)15-19-7(10)3/h4,16H,1-3H3. The van der Waals surface area contributed by atoms with Crippen LogP contribution in [0, 0.1) is 20.8 Å². The predicted octanol–water partition coefficient (Wildman–Crippen LogP) is 3.10. The van der Waals surface area contributed by atoms with Crippen molar-refractivity contribution >= 4 is 38.9 Å². The summed E-state index contributed by atoms with van der Waals surface area (Å²) in [5.41, 5.74) is 1.01. The van der Waals surface area contributed by atoms with Crippen molar-refractivity contribution in [2.45, 2.75) is 25.7 Å². The molecule has 0 aromatic carbocycles. The zero-order valence-electron chi connectivity index (χ0n) is 10.9. The average molecular weight is 336 g/mol. The lowest BCUT2D eigenvalue weighted by Gasteiger charge is -2.11. The van der Waals surface area contributed by atoms with E-state index in [1.165, 1.54) is 13.0 Å². The molecular formula is C11H11Cl2N3O3S. The Bertz CT molecular complexity index is 729. The number of aromatic nitrogens is 2. The molecular weight excluding hydrogens is 325 g/mol. The average Bonchev–Trinajstić information content (AvgIpc) is 2.64. The van der Waals surface area contributed by atoms with Crippen molar-refractivity contribution in [2.24, 2.45) is 0 Å². The third-order valence-electron chi connectivity index (χ3n) is 2.61. The van der Waals surface area contributed by atoms with Crippen molar-refractivity contribution in [2.75, 3.05) is 4.72 Å². The zero-order valence-corrected chi connectivity index (χ0v) is 13.2. The van der Waals surface area contributed by atoms with Crippen molar-refractivity contribution in [1.29, 1.82) is 0 Å². The summed E-state index contributed by atoms with van der Waals surface area (Å²) in [5.74, 6) is 0.200. The van der Waals surface area contributed by atoms with E-state index in [4.69, 9.17) is 27.7 Å². The molecule has 6 nitrogen and oxygen atoms in total. The maximum atomic E-state index is 12.4. The van der Waals surface area contributed by atoms with E-state index in [9.17, 15) is 8.42 Å². The summed E-state index contributed by atoms with van der Waals surface area (Å²) in [7, 11) is -3.86. The second kappa shape index (κ2) is 5.23. The predicted molar refractivity (Wildman–Crippen MR) is 75.8 cm³/mol. The molecule has 2 aromatic rings. The molecule has 0 atom stereocenters. The van der Waals surface area contributed by atoms with Gasteiger partial charge in [0, 0.05) is 0 Å². The van der Waals surface area contributed by atoms with Gasteiger partial charge in [0.15, 0.2) is 15.8 Å². The van der Waals surface area contributed by atoms with E-state index in [1.807, 2.05) is 0 Å². The number of rotatable bonds is 3. The zero-order chi connectivity index (χ0) is 15.1. The second-order valence-electron chi connectivity index (χ2n) is 4.19. The Morgan fingerprint density at radius 2 is 1.90 bits per heavy atom. The first-order valence-electron chi connectivity index (χ1n) is 5.50. The van der Waals surface area contributed by atoms with E-state index in [2.05, 4.69) is 14.9 Å². The van der Waals surface area contributed by atoms with Gasteiger partial charge < -0.3 is 4.52 Å². The van der Waals surface area contributed by atoms with Crippen LogP contribution in [0.5, 0.6) is 0 Å². The number of hydrogen-bond acceptors (Lipinski definition) is 5. The third kappa shape index (κ3) is 2.74. The molecule has 2 heterocycles. The van der Waals surface area contributed by atoms with Gasteiger partial charge in [-0.25, -0.2) is 13.4 Å². The first-order valence-corrected chi connectivity index (χ1v) is 7.74. The maximum absolute atomic E-state index is 12.4. The number of nitrogens with zero attached hydrogens (tertiary/aromatic N) is 2. The fourth-order valence-corrected chi connectivity index (χ4v) is 3.87. The topological polar surface area (TPSA) is 85.1 Å². The van der Waals surface area contributed by atoms with Crippen LogP contribution >= 0.6 is 23.2 Å². The van der Waals surface area contributed by atoms with Gasteiger partial charge in [0.05, 0.1) is 5.69 Å². The highest BCUT2D eigenvalue weighted by Gasteiger charge is 2.26. The van der Waals surface area contributed by atoms with E-state index in [0.717, 1.165) is 0 Å². The molecule has 9 heteroatoms. The van der Waals surface area contributed by atoms with E-state index in [-0.39, 0.29) is 32.3 Å². The number of aryl methyl sites for hydroxylation is 3. The van der Waals surface area contributed by atoms with E-state index in [1.54, 1.807) is 13.8 Å². The molecule has 2 rings (SSSR count). The van der Waals surface area contributed by atoms with Crippen LogP contribution in [0.15, 0.2) is 15.5 Å². The van der Waals surface area contributed by atoms with E-state index < -0.39 is 10.0 Å². The smallest absolute Gasteiger partial charge is 0.267 e. The quantitative estimate of drug-likeness (QED) is 0.871. The lowest BCUT2D eigenvalue weighted by atomic mass is 10.3. The number of nitrogens with one attached hydrogen (secondary N) is 1. The molecule has 0 fully saturated rings.